The van der Waals surface area contributed by atoms with Crippen molar-refractivity contribution in [3.05, 3.63) is 193 Å². The van der Waals surface area contributed by atoms with E-state index in [0.29, 0.717) is 5.82 Å². The monoisotopic (exact) mass is 676 g/mol. The molecule has 0 N–H and O–H groups in total. The van der Waals surface area contributed by atoms with Crippen molar-refractivity contribution < 1.29 is 0 Å². The molecule has 2 nitrogen and oxygen atoms in total. The lowest BCUT2D eigenvalue weighted by Crippen LogP contribution is -2.14. The summed E-state index contributed by atoms with van der Waals surface area (Å²) >= 11 is 0. The quantitative estimate of drug-likeness (QED) is 0.181. The summed E-state index contributed by atoms with van der Waals surface area (Å²) in [5.74, 6) is 0.715. The predicted molar refractivity (Wildman–Crippen MR) is 222 cm³/mol. The van der Waals surface area contributed by atoms with Gasteiger partial charge in [-0.05, 0) is 78.2 Å². The van der Waals surface area contributed by atoms with Crippen LogP contribution in [0, 0.1) is 0 Å². The van der Waals surface area contributed by atoms with Crippen LogP contribution in [0.25, 0.3) is 88.8 Å². The standard InChI is InChI=1S/C51H36N2/c1-51(2)45-27-11-10-24-44(45)49-39(25-14-28-46(49)51)36-20-12-19-35(31-36)38-29-30-43(41-23-9-8-22-40(38)41)48-32-47(52-50(53-48)34-16-4-3-5-17-34)42-26-13-18-33-15-6-7-21-37(33)42/h3-32H,1-2H3. The number of benzene rings is 8. The average molecular weight is 677 g/mol. The molecule has 0 amide bonds. The first-order valence-electron chi connectivity index (χ1n) is 18.3. The molecule has 1 aliphatic carbocycles. The van der Waals surface area contributed by atoms with Crippen LogP contribution in [0.2, 0.25) is 0 Å². The van der Waals surface area contributed by atoms with E-state index in [0.717, 1.165) is 33.5 Å². The lowest BCUT2D eigenvalue weighted by atomic mass is 9.82. The Labute approximate surface area is 310 Å². The third-order valence-electron chi connectivity index (χ3n) is 11.1. The number of rotatable bonds is 5. The Morgan fingerprint density at radius 3 is 1.68 bits per heavy atom. The highest BCUT2D eigenvalue weighted by Crippen LogP contribution is 2.52. The van der Waals surface area contributed by atoms with Crippen LogP contribution < -0.4 is 0 Å². The van der Waals surface area contributed by atoms with Gasteiger partial charge in [-0.15, -0.1) is 0 Å². The van der Waals surface area contributed by atoms with Gasteiger partial charge < -0.3 is 0 Å². The van der Waals surface area contributed by atoms with E-state index in [1.807, 2.05) is 18.2 Å². The van der Waals surface area contributed by atoms with Gasteiger partial charge in [-0.1, -0.05) is 184 Å². The highest BCUT2D eigenvalue weighted by Gasteiger charge is 2.36. The van der Waals surface area contributed by atoms with Crippen molar-refractivity contribution in [2.75, 3.05) is 0 Å². The van der Waals surface area contributed by atoms with Crippen LogP contribution in [-0.2, 0) is 5.41 Å². The molecule has 0 atom stereocenters. The average Bonchev–Trinajstić information content (AvgIpc) is 3.46. The molecule has 0 saturated heterocycles. The van der Waals surface area contributed by atoms with E-state index in [4.69, 9.17) is 9.97 Å². The van der Waals surface area contributed by atoms with Crippen molar-refractivity contribution in [2.24, 2.45) is 0 Å². The molecular formula is C51H36N2. The van der Waals surface area contributed by atoms with Crippen LogP contribution in [0.5, 0.6) is 0 Å². The lowest BCUT2D eigenvalue weighted by molar-refractivity contribution is 0.660. The molecule has 0 bridgehead atoms. The third kappa shape index (κ3) is 5.10. The van der Waals surface area contributed by atoms with Gasteiger partial charge in [-0.2, -0.15) is 0 Å². The normalized spacial score (nSPS) is 12.9. The van der Waals surface area contributed by atoms with Crippen LogP contribution in [0.4, 0.5) is 0 Å². The summed E-state index contributed by atoms with van der Waals surface area (Å²) in [5.41, 5.74) is 15.3. The number of hydrogen-bond acceptors (Lipinski definition) is 2. The van der Waals surface area contributed by atoms with Crippen molar-refractivity contribution in [1.29, 1.82) is 0 Å². The minimum absolute atomic E-state index is 0.0412. The Hall–Kier alpha value is -6.64. The van der Waals surface area contributed by atoms with E-state index in [1.165, 1.54) is 60.7 Å². The second-order valence-electron chi connectivity index (χ2n) is 14.5. The Balaban J connectivity index is 1.13. The minimum Gasteiger partial charge on any atom is -0.228 e. The van der Waals surface area contributed by atoms with Crippen LogP contribution in [0.15, 0.2) is 182 Å². The smallest absolute Gasteiger partial charge is 0.160 e. The van der Waals surface area contributed by atoms with Gasteiger partial charge in [0.2, 0.25) is 0 Å². The highest BCUT2D eigenvalue weighted by molar-refractivity contribution is 6.06. The summed E-state index contributed by atoms with van der Waals surface area (Å²) < 4.78 is 0. The Morgan fingerprint density at radius 2 is 0.868 bits per heavy atom. The van der Waals surface area contributed by atoms with Crippen molar-refractivity contribution in [3.8, 4) is 67.3 Å². The fourth-order valence-corrected chi connectivity index (χ4v) is 8.51. The van der Waals surface area contributed by atoms with E-state index < -0.39 is 0 Å². The molecule has 0 unspecified atom stereocenters. The number of fused-ring (bicyclic) bond motifs is 5. The molecule has 0 fully saturated rings. The minimum atomic E-state index is -0.0412. The summed E-state index contributed by atoms with van der Waals surface area (Å²) in [7, 11) is 0. The van der Waals surface area contributed by atoms with Crippen molar-refractivity contribution in [1.82, 2.24) is 9.97 Å². The molecule has 1 aromatic heterocycles. The fourth-order valence-electron chi connectivity index (χ4n) is 8.51. The van der Waals surface area contributed by atoms with Gasteiger partial charge in [0.25, 0.3) is 0 Å². The maximum atomic E-state index is 5.24. The Bertz CT molecular complexity index is 2860. The lowest BCUT2D eigenvalue weighted by Gasteiger charge is -2.21. The molecule has 10 rings (SSSR count). The van der Waals surface area contributed by atoms with Gasteiger partial charge >= 0.3 is 0 Å². The van der Waals surface area contributed by atoms with Gasteiger partial charge in [0.1, 0.15) is 0 Å². The van der Waals surface area contributed by atoms with Crippen LogP contribution >= 0.6 is 0 Å². The molecule has 2 heteroatoms. The van der Waals surface area contributed by atoms with E-state index in [-0.39, 0.29) is 5.41 Å². The van der Waals surface area contributed by atoms with Crippen LogP contribution in [-0.4, -0.2) is 9.97 Å². The molecular weight excluding hydrogens is 641 g/mol. The molecule has 250 valence electrons. The summed E-state index contributed by atoms with van der Waals surface area (Å²) in [6, 6.07) is 65.4. The molecule has 0 aliphatic heterocycles. The summed E-state index contributed by atoms with van der Waals surface area (Å²) in [5, 5.41) is 4.72. The van der Waals surface area contributed by atoms with Crippen molar-refractivity contribution in [3.63, 3.8) is 0 Å². The second-order valence-corrected chi connectivity index (χ2v) is 14.5. The van der Waals surface area contributed by atoms with Crippen LogP contribution in [0.1, 0.15) is 25.0 Å². The molecule has 53 heavy (non-hydrogen) atoms. The van der Waals surface area contributed by atoms with Gasteiger partial charge in [-0.25, -0.2) is 9.97 Å². The molecule has 0 saturated carbocycles. The van der Waals surface area contributed by atoms with E-state index >= 15 is 0 Å². The molecule has 9 aromatic rings. The molecule has 8 aromatic carbocycles. The van der Waals surface area contributed by atoms with Crippen molar-refractivity contribution in [2.45, 2.75) is 19.3 Å². The first-order valence-corrected chi connectivity index (χ1v) is 18.3. The third-order valence-corrected chi connectivity index (χ3v) is 11.1. The predicted octanol–water partition coefficient (Wildman–Crippen LogP) is 13.4. The Kier molecular flexibility index (Phi) is 7.19. The number of nitrogens with zero attached hydrogens (tertiary/aromatic N) is 2. The number of hydrogen-bond donors (Lipinski definition) is 0. The molecule has 0 spiro atoms. The summed E-state index contributed by atoms with van der Waals surface area (Å²) in [6.45, 7) is 4.69. The topological polar surface area (TPSA) is 25.8 Å². The summed E-state index contributed by atoms with van der Waals surface area (Å²) in [6.07, 6.45) is 0. The Morgan fingerprint density at radius 1 is 0.358 bits per heavy atom. The van der Waals surface area contributed by atoms with Crippen molar-refractivity contribution >= 4 is 21.5 Å². The van der Waals surface area contributed by atoms with E-state index in [1.54, 1.807) is 0 Å². The highest BCUT2D eigenvalue weighted by atomic mass is 14.9. The first-order chi connectivity index (χ1) is 26.0. The van der Waals surface area contributed by atoms with Gasteiger partial charge in [0.15, 0.2) is 5.82 Å². The van der Waals surface area contributed by atoms with E-state index in [9.17, 15) is 0 Å². The van der Waals surface area contributed by atoms with Gasteiger partial charge in [-0.3, -0.25) is 0 Å². The maximum Gasteiger partial charge on any atom is 0.160 e. The zero-order valence-electron chi connectivity index (χ0n) is 29.7. The SMILES string of the molecule is CC1(C)c2ccccc2-c2c(-c3cccc(-c4ccc(-c5cc(-c6cccc7ccccc67)nc(-c6ccccc6)n5)c5ccccc45)c3)cccc21. The van der Waals surface area contributed by atoms with Crippen LogP contribution in [0.3, 0.4) is 0 Å². The fraction of sp³-hybridized carbons (Fsp3) is 0.0588. The van der Waals surface area contributed by atoms with E-state index in [2.05, 4.69) is 178 Å². The molecule has 1 heterocycles. The first kappa shape index (κ1) is 31.1. The zero-order chi connectivity index (χ0) is 35.5. The van der Waals surface area contributed by atoms with Gasteiger partial charge in [0.05, 0.1) is 11.4 Å². The maximum absolute atomic E-state index is 5.24. The van der Waals surface area contributed by atoms with Gasteiger partial charge in [0, 0.05) is 22.1 Å². The zero-order valence-corrected chi connectivity index (χ0v) is 29.7. The second kappa shape index (κ2) is 12.3. The summed E-state index contributed by atoms with van der Waals surface area (Å²) in [4.78, 5) is 10.4. The molecule has 0 radical (unpaired) electrons. The largest absolute Gasteiger partial charge is 0.228 e. The molecule has 1 aliphatic rings. The number of aromatic nitrogens is 2.